The van der Waals surface area contributed by atoms with Crippen LogP contribution in [0.1, 0.15) is 25.1 Å². The number of aryl methyl sites for hydroxylation is 1. The summed E-state index contributed by atoms with van der Waals surface area (Å²) >= 11 is 7.05. The van der Waals surface area contributed by atoms with Gasteiger partial charge in [0.2, 0.25) is 0 Å². The van der Waals surface area contributed by atoms with Gasteiger partial charge in [0, 0.05) is 33.0 Å². The normalized spacial score (nSPS) is 11.2. The molecule has 0 saturated carbocycles. The number of nitrogens with one attached hydrogen (secondary N) is 1. The number of aromatic nitrogens is 1. The standard InChI is InChI=1S/C14H17BrN2S2/c1-9(2)16-7-11-4-5-12(6-13(11)15)19-14-17-10(3)8-18-14/h4-6,8-9,16H,7H2,1-3H3. The van der Waals surface area contributed by atoms with E-state index in [4.69, 9.17) is 0 Å². The van der Waals surface area contributed by atoms with Crippen molar-refractivity contribution in [3.63, 3.8) is 0 Å². The first kappa shape index (κ1) is 15.0. The van der Waals surface area contributed by atoms with Crippen LogP contribution in [0.5, 0.6) is 0 Å². The third-order valence-corrected chi connectivity index (χ3v) is 5.31. The van der Waals surface area contributed by atoms with E-state index in [0.717, 1.165) is 21.1 Å². The zero-order valence-corrected chi connectivity index (χ0v) is 14.5. The van der Waals surface area contributed by atoms with E-state index in [1.807, 2.05) is 6.92 Å². The van der Waals surface area contributed by atoms with Gasteiger partial charge >= 0.3 is 0 Å². The largest absolute Gasteiger partial charge is 0.310 e. The zero-order chi connectivity index (χ0) is 13.8. The molecule has 1 heterocycles. The highest BCUT2D eigenvalue weighted by molar-refractivity contribution is 9.10. The summed E-state index contributed by atoms with van der Waals surface area (Å²) in [5.74, 6) is 0. The topological polar surface area (TPSA) is 24.9 Å². The first-order chi connectivity index (χ1) is 9.04. The highest BCUT2D eigenvalue weighted by atomic mass is 79.9. The van der Waals surface area contributed by atoms with Crippen molar-refractivity contribution in [2.45, 2.75) is 42.6 Å². The number of nitrogens with zero attached hydrogens (tertiary/aromatic N) is 1. The average molecular weight is 357 g/mol. The van der Waals surface area contributed by atoms with E-state index in [0.29, 0.717) is 6.04 Å². The van der Waals surface area contributed by atoms with Crippen molar-refractivity contribution in [3.8, 4) is 0 Å². The van der Waals surface area contributed by atoms with Crippen LogP contribution in [0, 0.1) is 6.92 Å². The van der Waals surface area contributed by atoms with Gasteiger partial charge in [0.1, 0.15) is 0 Å². The molecule has 0 unspecified atom stereocenters. The molecular weight excluding hydrogens is 340 g/mol. The summed E-state index contributed by atoms with van der Waals surface area (Å²) in [5.41, 5.74) is 2.37. The second-order valence-corrected chi connectivity index (χ2v) is 7.68. The van der Waals surface area contributed by atoms with E-state index in [-0.39, 0.29) is 0 Å². The smallest absolute Gasteiger partial charge is 0.154 e. The van der Waals surface area contributed by atoms with E-state index in [9.17, 15) is 0 Å². The SMILES string of the molecule is Cc1csc(Sc2ccc(CNC(C)C)c(Br)c2)n1. The summed E-state index contributed by atoms with van der Waals surface area (Å²) in [6.45, 7) is 7.22. The molecule has 0 spiro atoms. The molecule has 0 aliphatic carbocycles. The lowest BCUT2D eigenvalue weighted by atomic mass is 10.2. The van der Waals surface area contributed by atoms with E-state index in [1.54, 1.807) is 23.1 Å². The molecule has 0 aliphatic rings. The Kier molecular flexibility index (Phi) is 5.45. The monoisotopic (exact) mass is 356 g/mol. The van der Waals surface area contributed by atoms with Crippen molar-refractivity contribution >= 4 is 39.0 Å². The zero-order valence-electron chi connectivity index (χ0n) is 11.2. The number of benzene rings is 1. The minimum Gasteiger partial charge on any atom is -0.310 e. The fourth-order valence-corrected chi connectivity index (χ4v) is 4.05. The minimum absolute atomic E-state index is 0.499. The van der Waals surface area contributed by atoms with Crippen LogP contribution in [0.25, 0.3) is 0 Å². The summed E-state index contributed by atoms with van der Waals surface area (Å²) < 4.78 is 2.25. The van der Waals surface area contributed by atoms with E-state index in [2.05, 4.69) is 63.7 Å². The van der Waals surface area contributed by atoms with E-state index in [1.165, 1.54) is 10.5 Å². The van der Waals surface area contributed by atoms with Crippen LogP contribution in [-0.2, 0) is 6.54 Å². The molecule has 0 fully saturated rings. The summed E-state index contributed by atoms with van der Waals surface area (Å²) in [6.07, 6.45) is 0. The fraction of sp³-hybridized carbons (Fsp3) is 0.357. The first-order valence-electron chi connectivity index (χ1n) is 6.16. The van der Waals surface area contributed by atoms with Gasteiger partial charge in [-0.15, -0.1) is 11.3 Å². The van der Waals surface area contributed by atoms with Crippen molar-refractivity contribution < 1.29 is 0 Å². The van der Waals surface area contributed by atoms with Crippen molar-refractivity contribution in [3.05, 3.63) is 39.3 Å². The Labute approximate surface area is 131 Å². The number of halogens is 1. The Hall–Kier alpha value is -0.360. The number of hydrogen-bond donors (Lipinski definition) is 1. The predicted octanol–water partition coefficient (Wildman–Crippen LogP) is 4.86. The number of thiazole rings is 1. The molecule has 19 heavy (non-hydrogen) atoms. The van der Waals surface area contributed by atoms with Crippen LogP contribution in [0.3, 0.4) is 0 Å². The van der Waals surface area contributed by atoms with Crippen LogP contribution in [0.15, 0.2) is 37.3 Å². The molecular formula is C14H17BrN2S2. The molecule has 0 bridgehead atoms. The van der Waals surface area contributed by atoms with Gasteiger partial charge in [-0.1, -0.05) is 47.6 Å². The third-order valence-electron chi connectivity index (χ3n) is 2.53. The maximum Gasteiger partial charge on any atom is 0.154 e. The van der Waals surface area contributed by atoms with Crippen molar-refractivity contribution in [1.29, 1.82) is 0 Å². The highest BCUT2D eigenvalue weighted by Crippen LogP contribution is 2.32. The lowest BCUT2D eigenvalue weighted by Crippen LogP contribution is -2.21. The first-order valence-corrected chi connectivity index (χ1v) is 8.65. The molecule has 0 aliphatic heterocycles. The molecule has 0 saturated heterocycles. The fourth-order valence-electron chi connectivity index (χ4n) is 1.53. The van der Waals surface area contributed by atoms with Gasteiger partial charge < -0.3 is 5.32 Å². The van der Waals surface area contributed by atoms with Gasteiger partial charge in [0.25, 0.3) is 0 Å². The Morgan fingerprint density at radius 1 is 1.42 bits per heavy atom. The van der Waals surface area contributed by atoms with Crippen LogP contribution < -0.4 is 5.32 Å². The van der Waals surface area contributed by atoms with Gasteiger partial charge in [-0.3, -0.25) is 0 Å². The highest BCUT2D eigenvalue weighted by Gasteiger charge is 2.06. The van der Waals surface area contributed by atoms with Crippen LogP contribution in [-0.4, -0.2) is 11.0 Å². The summed E-state index contributed by atoms with van der Waals surface area (Å²) in [6, 6.07) is 6.99. The lowest BCUT2D eigenvalue weighted by Gasteiger charge is -2.10. The average Bonchev–Trinajstić information content (AvgIpc) is 2.73. The number of hydrogen-bond acceptors (Lipinski definition) is 4. The molecule has 2 rings (SSSR count). The maximum atomic E-state index is 4.47. The predicted molar refractivity (Wildman–Crippen MR) is 87.1 cm³/mol. The molecule has 0 amide bonds. The Morgan fingerprint density at radius 2 is 2.21 bits per heavy atom. The molecule has 102 valence electrons. The van der Waals surface area contributed by atoms with E-state index < -0.39 is 0 Å². The third kappa shape index (κ3) is 4.60. The Balaban J connectivity index is 2.06. The van der Waals surface area contributed by atoms with Gasteiger partial charge in [-0.25, -0.2) is 4.98 Å². The molecule has 5 heteroatoms. The van der Waals surface area contributed by atoms with E-state index >= 15 is 0 Å². The summed E-state index contributed by atoms with van der Waals surface area (Å²) in [5, 5.41) is 5.51. The van der Waals surface area contributed by atoms with Crippen LogP contribution in [0.4, 0.5) is 0 Å². The van der Waals surface area contributed by atoms with Crippen molar-refractivity contribution in [2.75, 3.05) is 0 Å². The Morgan fingerprint density at radius 3 is 2.79 bits per heavy atom. The summed E-state index contributed by atoms with van der Waals surface area (Å²) in [7, 11) is 0. The molecule has 2 nitrogen and oxygen atoms in total. The molecule has 1 aromatic carbocycles. The second kappa shape index (κ2) is 6.88. The number of rotatable bonds is 5. The van der Waals surface area contributed by atoms with Crippen molar-refractivity contribution in [2.24, 2.45) is 0 Å². The van der Waals surface area contributed by atoms with Gasteiger partial charge in [0.05, 0.1) is 0 Å². The molecule has 0 radical (unpaired) electrons. The van der Waals surface area contributed by atoms with Crippen molar-refractivity contribution in [1.82, 2.24) is 10.3 Å². The molecule has 1 aromatic heterocycles. The minimum atomic E-state index is 0.499. The second-order valence-electron chi connectivity index (χ2n) is 4.65. The lowest BCUT2D eigenvalue weighted by molar-refractivity contribution is 0.587. The molecule has 2 aromatic rings. The van der Waals surface area contributed by atoms with Gasteiger partial charge in [-0.05, 0) is 24.6 Å². The van der Waals surface area contributed by atoms with Gasteiger partial charge in [0.15, 0.2) is 4.34 Å². The Bertz CT molecular complexity index is 552. The maximum absolute atomic E-state index is 4.47. The quantitative estimate of drug-likeness (QED) is 0.827. The van der Waals surface area contributed by atoms with Crippen LogP contribution >= 0.6 is 39.0 Å². The van der Waals surface area contributed by atoms with Gasteiger partial charge in [-0.2, -0.15) is 0 Å². The molecule has 0 atom stereocenters. The molecule has 1 N–H and O–H groups in total. The van der Waals surface area contributed by atoms with Crippen LogP contribution in [0.2, 0.25) is 0 Å². The summed E-state index contributed by atoms with van der Waals surface area (Å²) in [4.78, 5) is 5.69.